The number of aryl methyl sites for hydroxylation is 1. The van der Waals surface area contributed by atoms with Crippen LogP contribution in [0.3, 0.4) is 0 Å². The van der Waals surface area contributed by atoms with Crippen LogP contribution >= 0.6 is 12.8 Å². The molecule has 0 unspecified atom stereocenters. The van der Waals surface area contributed by atoms with Crippen LogP contribution in [0.25, 0.3) is 0 Å². The number of thiol groups is 1. The van der Waals surface area contributed by atoms with E-state index in [1.54, 1.807) is 12.4 Å². The molecule has 0 radical (unpaired) electrons. The second-order valence-electron chi connectivity index (χ2n) is 2.31. The van der Waals surface area contributed by atoms with E-state index in [4.69, 9.17) is 0 Å². The van der Waals surface area contributed by atoms with Gasteiger partial charge >= 0.3 is 0 Å². The summed E-state index contributed by atoms with van der Waals surface area (Å²) in [4.78, 5) is 8.30. The van der Waals surface area contributed by atoms with E-state index < -0.39 is 0 Å². The lowest BCUT2D eigenvalue weighted by atomic mass is 10.3. The van der Waals surface area contributed by atoms with E-state index in [-0.39, 0.29) is 0 Å². The van der Waals surface area contributed by atoms with Gasteiger partial charge in [-0.1, -0.05) is 12.8 Å². The van der Waals surface area contributed by atoms with E-state index >= 15 is 0 Å². The first-order chi connectivity index (χ1) is 5.33. The van der Waals surface area contributed by atoms with E-state index in [0.717, 1.165) is 24.4 Å². The van der Waals surface area contributed by atoms with Crippen molar-refractivity contribution < 1.29 is 0 Å². The van der Waals surface area contributed by atoms with Crippen molar-refractivity contribution in [1.29, 1.82) is 0 Å². The van der Waals surface area contributed by atoms with Gasteiger partial charge in [0.05, 0.1) is 11.4 Å². The van der Waals surface area contributed by atoms with Gasteiger partial charge in [0.25, 0.3) is 0 Å². The van der Waals surface area contributed by atoms with E-state index in [1.165, 1.54) is 0 Å². The van der Waals surface area contributed by atoms with Crippen LogP contribution in [0.1, 0.15) is 11.4 Å². The molecule has 11 heavy (non-hydrogen) atoms. The first-order valence-electron chi connectivity index (χ1n) is 3.47. The van der Waals surface area contributed by atoms with Crippen LogP contribution in [0.2, 0.25) is 0 Å². The summed E-state index contributed by atoms with van der Waals surface area (Å²) >= 11 is 3.87. The Labute approximate surface area is 71.8 Å². The molecule has 60 valence electrons. The molecule has 4 heteroatoms. The predicted octanol–water partition coefficient (Wildman–Crippen LogP) is 0.762. The average molecular weight is 169 g/mol. The van der Waals surface area contributed by atoms with Crippen molar-refractivity contribution in [3.63, 3.8) is 0 Å². The highest BCUT2D eigenvalue weighted by atomic mass is 32.1. The van der Waals surface area contributed by atoms with Crippen molar-refractivity contribution >= 4 is 12.8 Å². The summed E-state index contributed by atoms with van der Waals surface area (Å²) in [7, 11) is 0. The van der Waals surface area contributed by atoms with Crippen LogP contribution in [0.5, 0.6) is 0 Å². The largest absolute Gasteiger partial charge is 0.266 e. The van der Waals surface area contributed by atoms with Crippen molar-refractivity contribution in [3.05, 3.63) is 23.8 Å². The molecule has 0 atom stereocenters. The molecular formula is C7H11N3S. The maximum Gasteiger partial charge on any atom is 0.0599 e. The highest BCUT2D eigenvalue weighted by Crippen LogP contribution is 1.93. The lowest BCUT2D eigenvalue weighted by Gasteiger charge is -1.97. The highest BCUT2D eigenvalue weighted by molar-refractivity contribution is 7.78. The molecule has 0 saturated heterocycles. The molecule has 1 rings (SSSR count). The third-order valence-corrected chi connectivity index (χ3v) is 1.55. The van der Waals surface area contributed by atoms with Crippen LogP contribution in [0.4, 0.5) is 0 Å². The van der Waals surface area contributed by atoms with Gasteiger partial charge in [-0.3, -0.25) is 14.7 Å². The number of hydrogen-bond acceptors (Lipinski definition) is 4. The van der Waals surface area contributed by atoms with E-state index in [1.807, 2.05) is 6.92 Å². The van der Waals surface area contributed by atoms with Gasteiger partial charge < -0.3 is 0 Å². The quantitative estimate of drug-likeness (QED) is 0.656. The Morgan fingerprint density at radius 1 is 1.45 bits per heavy atom. The highest BCUT2D eigenvalue weighted by Gasteiger charge is 1.92. The molecule has 0 aliphatic carbocycles. The SMILES string of the molecule is Cc1cnc(CCNS)cn1. The topological polar surface area (TPSA) is 37.8 Å². The van der Waals surface area contributed by atoms with Crippen LogP contribution in [0, 0.1) is 6.92 Å². The number of nitrogens with one attached hydrogen (secondary N) is 1. The van der Waals surface area contributed by atoms with Gasteiger partial charge in [0.2, 0.25) is 0 Å². The van der Waals surface area contributed by atoms with E-state index in [9.17, 15) is 0 Å². The number of nitrogens with zero attached hydrogens (tertiary/aromatic N) is 2. The third kappa shape index (κ3) is 2.86. The number of rotatable bonds is 3. The zero-order valence-corrected chi connectivity index (χ0v) is 7.30. The predicted molar refractivity (Wildman–Crippen MR) is 47.5 cm³/mol. The van der Waals surface area contributed by atoms with Gasteiger partial charge in [-0.2, -0.15) is 0 Å². The zero-order chi connectivity index (χ0) is 8.10. The summed E-state index contributed by atoms with van der Waals surface area (Å²) in [5.41, 5.74) is 1.95. The van der Waals surface area contributed by atoms with Gasteiger partial charge in [0.15, 0.2) is 0 Å². The maximum atomic E-state index is 4.18. The van der Waals surface area contributed by atoms with Crippen molar-refractivity contribution in [2.24, 2.45) is 0 Å². The Balaban J connectivity index is 2.52. The first kappa shape index (κ1) is 8.49. The fourth-order valence-corrected chi connectivity index (χ4v) is 0.844. The summed E-state index contributed by atoms with van der Waals surface area (Å²) in [6.45, 7) is 2.74. The van der Waals surface area contributed by atoms with E-state index in [0.29, 0.717) is 0 Å². The van der Waals surface area contributed by atoms with Crippen LogP contribution < -0.4 is 4.72 Å². The average Bonchev–Trinajstić information content (AvgIpc) is 2.04. The summed E-state index contributed by atoms with van der Waals surface area (Å²) < 4.78 is 2.76. The Morgan fingerprint density at radius 3 is 2.82 bits per heavy atom. The zero-order valence-electron chi connectivity index (χ0n) is 6.41. The lowest BCUT2D eigenvalue weighted by molar-refractivity contribution is 0.864. The number of aromatic nitrogens is 2. The molecule has 0 fully saturated rings. The lowest BCUT2D eigenvalue weighted by Crippen LogP contribution is -2.06. The van der Waals surface area contributed by atoms with Crippen molar-refractivity contribution in [3.8, 4) is 0 Å². The molecule has 0 saturated carbocycles. The van der Waals surface area contributed by atoms with Gasteiger partial charge in [0.1, 0.15) is 0 Å². The smallest absolute Gasteiger partial charge is 0.0599 e. The molecule has 1 aromatic rings. The fourth-order valence-electron chi connectivity index (χ4n) is 0.732. The van der Waals surface area contributed by atoms with Crippen molar-refractivity contribution in [2.75, 3.05) is 6.54 Å². The van der Waals surface area contributed by atoms with Gasteiger partial charge in [-0.05, 0) is 6.92 Å². The van der Waals surface area contributed by atoms with Gasteiger partial charge in [0, 0.05) is 25.4 Å². The van der Waals surface area contributed by atoms with Crippen LogP contribution in [-0.2, 0) is 6.42 Å². The summed E-state index contributed by atoms with van der Waals surface area (Å²) in [6.07, 6.45) is 4.44. The second kappa shape index (κ2) is 4.31. The monoisotopic (exact) mass is 169 g/mol. The normalized spacial score (nSPS) is 10.0. The van der Waals surface area contributed by atoms with Gasteiger partial charge in [-0.15, -0.1) is 0 Å². The Bertz CT molecular complexity index is 209. The molecule has 1 N–H and O–H groups in total. The summed E-state index contributed by atoms with van der Waals surface area (Å²) in [6, 6.07) is 0. The minimum Gasteiger partial charge on any atom is -0.266 e. The Kier molecular flexibility index (Phi) is 3.32. The van der Waals surface area contributed by atoms with Gasteiger partial charge in [-0.25, -0.2) is 0 Å². The first-order valence-corrected chi connectivity index (χ1v) is 3.92. The second-order valence-corrected chi connectivity index (χ2v) is 2.62. The maximum absolute atomic E-state index is 4.18. The molecule has 0 spiro atoms. The number of hydrogen-bond donors (Lipinski definition) is 2. The minimum atomic E-state index is 0.820. The molecule has 1 aromatic heterocycles. The molecule has 0 aliphatic heterocycles. The minimum absolute atomic E-state index is 0.820. The molecule has 0 aromatic carbocycles. The Hall–Kier alpha value is -0.610. The summed E-state index contributed by atoms with van der Waals surface area (Å²) in [5.74, 6) is 0. The van der Waals surface area contributed by atoms with Crippen LogP contribution in [0.15, 0.2) is 12.4 Å². The third-order valence-electron chi connectivity index (χ3n) is 1.33. The summed E-state index contributed by atoms with van der Waals surface area (Å²) in [5, 5.41) is 0. The van der Waals surface area contributed by atoms with Crippen molar-refractivity contribution in [2.45, 2.75) is 13.3 Å². The fraction of sp³-hybridized carbons (Fsp3) is 0.429. The molecule has 1 heterocycles. The van der Waals surface area contributed by atoms with Crippen LogP contribution in [-0.4, -0.2) is 16.5 Å². The van der Waals surface area contributed by atoms with E-state index in [2.05, 4.69) is 27.5 Å². The molecule has 3 nitrogen and oxygen atoms in total. The molecule has 0 bridgehead atoms. The Morgan fingerprint density at radius 2 is 2.27 bits per heavy atom. The molecule has 0 aliphatic rings. The van der Waals surface area contributed by atoms with Crippen molar-refractivity contribution in [1.82, 2.24) is 14.7 Å². The standard InChI is InChI=1S/C7H11N3S/c1-6-4-9-7(5-8-6)2-3-10-11/h4-5,10-11H,2-3H2,1H3. The molecule has 0 amide bonds. The molecular weight excluding hydrogens is 158 g/mol.